The fourth-order valence-electron chi connectivity index (χ4n) is 3.55. The van der Waals surface area contributed by atoms with Gasteiger partial charge in [-0.3, -0.25) is 9.69 Å². The Bertz CT molecular complexity index is 817. The highest BCUT2D eigenvalue weighted by atomic mass is 32.2. The second kappa shape index (κ2) is 7.60. The van der Waals surface area contributed by atoms with Crippen molar-refractivity contribution in [2.75, 3.05) is 26.7 Å². The normalized spacial score (nSPS) is 24.0. The largest absolute Gasteiger partial charge is 0.485 e. The van der Waals surface area contributed by atoms with Gasteiger partial charge in [-0.05, 0) is 43.8 Å². The predicted molar refractivity (Wildman–Crippen MR) is 97.5 cm³/mol. The third-order valence-electron chi connectivity index (χ3n) is 4.94. The maximum Gasteiger partial charge on any atom is 0.446 e. The second-order valence-electron chi connectivity index (χ2n) is 7.32. The average molecular weight is 434 g/mol. The minimum absolute atomic E-state index is 0.0719. The third kappa shape index (κ3) is 4.40. The number of aliphatic hydroxyl groups excluding tert-OH is 1. The highest BCUT2D eigenvalue weighted by Crippen LogP contribution is 2.46. The van der Waals surface area contributed by atoms with Crippen molar-refractivity contribution in [1.82, 2.24) is 9.80 Å². The maximum atomic E-state index is 12.8. The van der Waals surface area contributed by atoms with Gasteiger partial charge in [-0.25, -0.2) is 4.79 Å². The molecule has 0 spiro atoms. The molecule has 3 rings (SSSR count). The molecule has 2 atom stereocenters. The Hall–Kier alpha value is -2.14. The molecule has 1 aromatic carbocycles. The molecular formula is C18H21F3N2O5S. The lowest BCUT2D eigenvalue weighted by Gasteiger charge is -2.48. The summed E-state index contributed by atoms with van der Waals surface area (Å²) in [6, 6.07) is 3.09. The first-order valence-corrected chi connectivity index (χ1v) is 9.64. The van der Waals surface area contributed by atoms with Crippen molar-refractivity contribution in [2.45, 2.75) is 42.0 Å². The molecule has 0 bridgehead atoms. The number of carbonyl (C=O) groups excluding carboxylic acids is 2. The summed E-state index contributed by atoms with van der Waals surface area (Å²) < 4.78 is 48.8. The number of carbonyl (C=O) groups is 2. The van der Waals surface area contributed by atoms with Crippen LogP contribution in [0.1, 0.15) is 25.5 Å². The number of alkyl halides is 3. The quantitative estimate of drug-likeness (QED) is 0.722. The van der Waals surface area contributed by atoms with Crippen LogP contribution in [0.4, 0.5) is 18.0 Å². The number of methoxy groups -OCH3 is 1. The Morgan fingerprint density at radius 1 is 1.34 bits per heavy atom. The van der Waals surface area contributed by atoms with Gasteiger partial charge in [0.1, 0.15) is 24.0 Å². The molecule has 11 heteroatoms. The standard InChI is InChI=1S/C18H21F3N2O5S/c1-17(2)15(25)14(23-7-6-22(9-13(23)24)16(26)27-3)11-8-10(29-18(19,20)21)4-5-12(11)28-17/h4-5,8,14-15,25H,6-7,9H2,1-3H3. The summed E-state index contributed by atoms with van der Waals surface area (Å²) in [6.07, 6.45) is -1.83. The van der Waals surface area contributed by atoms with Crippen LogP contribution < -0.4 is 4.74 Å². The molecule has 2 aliphatic rings. The van der Waals surface area contributed by atoms with Gasteiger partial charge in [0.15, 0.2) is 0 Å². The van der Waals surface area contributed by atoms with Crippen molar-refractivity contribution < 1.29 is 37.3 Å². The molecule has 0 saturated carbocycles. The van der Waals surface area contributed by atoms with Crippen LogP contribution in [0.2, 0.25) is 0 Å². The van der Waals surface area contributed by atoms with E-state index in [1.165, 1.54) is 35.1 Å². The number of fused-ring (bicyclic) bond motifs is 1. The molecule has 1 saturated heterocycles. The maximum absolute atomic E-state index is 12.8. The van der Waals surface area contributed by atoms with Gasteiger partial charge >= 0.3 is 11.6 Å². The molecule has 7 nitrogen and oxygen atoms in total. The van der Waals surface area contributed by atoms with E-state index in [0.29, 0.717) is 11.3 Å². The molecule has 2 amide bonds. The number of hydrogen-bond acceptors (Lipinski definition) is 6. The Kier molecular flexibility index (Phi) is 5.65. The van der Waals surface area contributed by atoms with E-state index in [0.717, 1.165) is 0 Å². The topological polar surface area (TPSA) is 79.3 Å². The van der Waals surface area contributed by atoms with Gasteiger partial charge in [-0.1, -0.05) is 0 Å². The van der Waals surface area contributed by atoms with Gasteiger partial charge in [-0.15, -0.1) is 0 Å². The van der Waals surface area contributed by atoms with Crippen LogP contribution in [0.25, 0.3) is 0 Å². The fourth-order valence-corrected chi connectivity index (χ4v) is 4.13. The third-order valence-corrected chi connectivity index (χ3v) is 5.66. The van der Waals surface area contributed by atoms with Gasteiger partial charge < -0.3 is 19.5 Å². The summed E-state index contributed by atoms with van der Waals surface area (Å²) in [5.41, 5.74) is -5.25. The molecule has 0 aliphatic carbocycles. The van der Waals surface area contributed by atoms with Crippen molar-refractivity contribution in [3.63, 3.8) is 0 Å². The van der Waals surface area contributed by atoms with Crippen molar-refractivity contribution in [3.8, 4) is 5.75 Å². The summed E-state index contributed by atoms with van der Waals surface area (Å²) in [7, 11) is 1.21. The van der Waals surface area contributed by atoms with Crippen LogP contribution in [0, 0.1) is 0 Å². The molecule has 2 unspecified atom stereocenters. The number of aliphatic hydroxyl groups is 1. The minimum atomic E-state index is -4.47. The van der Waals surface area contributed by atoms with Crippen LogP contribution in [0.3, 0.4) is 0 Å². The molecule has 0 aromatic heterocycles. The lowest BCUT2D eigenvalue weighted by Crippen LogP contribution is -2.59. The zero-order valence-corrected chi connectivity index (χ0v) is 16.8. The zero-order chi connectivity index (χ0) is 21.6. The van der Waals surface area contributed by atoms with E-state index in [-0.39, 0.29) is 36.3 Å². The monoisotopic (exact) mass is 434 g/mol. The summed E-state index contributed by atoms with van der Waals surface area (Å²) in [5, 5.41) is 10.9. The first-order chi connectivity index (χ1) is 13.4. The Morgan fingerprint density at radius 2 is 2.03 bits per heavy atom. The first-order valence-electron chi connectivity index (χ1n) is 8.82. The first kappa shape index (κ1) is 21.6. The molecule has 1 aromatic rings. The number of piperazine rings is 1. The average Bonchev–Trinajstić information content (AvgIpc) is 2.62. The number of halogens is 3. The zero-order valence-electron chi connectivity index (χ0n) is 16.0. The highest BCUT2D eigenvalue weighted by Gasteiger charge is 2.48. The number of hydrogen-bond donors (Lipinski definition) is 1. The van der Waals surface area contributed by atoms with Gasteiger partial charge in [0.25, 0.3) is 0 Å². The van der Waals surface area contributed by atoms with E-state index in [4.69, 9.17) is 4.74 Å². The number of thioether (sulfide) groups is 1. The van der Waals surface area contributed by atoms with Crippen molar-refractivity contribution >= 4 is 23.8 Å². The molecule has 2 aliphatic heterocycles. The Balaban J connectivity index is 1.96. The molecule has 2 heterocycles. The summed E-state index contributed by atoms with van der Waals surface area (Å²) in [6.45, 7) is 3.31. The van der Waals surface area contributed by atoms with E-state index in [9.17, 15) is 27.9 Å². The molecule has 1 fully saturated rings. The number of ether oxygens (including phenoxy) is 2. The Labute approximate surface area is 169 Å². The van der Waals surface area contributed by atoms with Crippen LogP contribution in [-0.2, 0) is 9.53 Å². The van der Waals surface area contributed by atoms with Gasteiger partial charge in [0.2, 0.25) is 5.91 Å². The van der Waals surface area contributed by atoms with Gasteiger partial charge in [0, 0.05) is 23.5 Å². The van der Waals surface area contributed by atoms with Crippen LogP contribution >= 0.6 is 11.8 Å². The molecule has 29 heavy (non-hydrogen) atoms. The lowest BCUT2D eigenvalue weighted by molar-refractivity contribution is -0.149. The van der Waals surface area contributed by atoms with E-state index in [1.54, 1.807) is 13.8 Å². The summed E-state index contributed by atoms with van der Waals surface area (Å²) in [4.78, 5) is 27.0. The summed E-state index contributed by atoms with van der Waals surface area (Å²) >= 11 is -0.279. The van der Waals surface area contributed by atoms with Crippen molar-refractivity contribution in [1.29, 1.82) is 0 Å². The summed E-state index contributed by atoms with van der Waals surface area (Å²) in [5.74, 6) is -0.136. The smallest absolute Gasteiger partial charge is 0.446 e. The number of nitrogens with zero attached hydrogens (tertiary/aromatic N) is 2. The van der Waals surface area contributed by atoms with E-state index in [1.807, 2.05) is 0 Å². The molecule has 160 valence electrons. The van der Waals surface area contributed by atoms with Crippen LogP contribution in [0.5, 0.6) is 5.75 Å². The van der Waals surface area contributed by atoms with Gasteiger partial charge in [0.05, 0.1) is 13.2 Å². The fraction of sp³-hybridized carbons (Fsp3) is 0.556. The number of rotatable bonds is 2. The predicted octanol–water partition coefficient (Wildman–Crippen LogP) is 2.78. The lowest BCUT2D eigenvalue weighted by atomic mass is 9.85. The molecular weight excluding hydrogens is 413 g/mol. The van der Waals surface area contributed by atoms with Gasteiger partial charge in [-0.2, -0.15) is 13.2 Å². The number of benzene rings is 1. The molecule has 0 radical (unpaired) electrons. The minimum Gasteiger partial charge on any atom is -0.485 e. The molecule has 1 N–H and O–H groups in total. The highest BCUT2D eigenvalue weighted by molar-refractivity contribution is 8.00. The van der Waals surface area contributed by atoms with Crippen LogP contribution in [-0.4, -0.2) is 70.9 Å². The SMILES string of the molecule is COC(=O)N1CCN(C2c3cc(SC(F)(F)F)ccc3OC(C)(C)C2O)C(=O)C1. The Morgan fingerprint density at radius 3 is 2.62 bits per heavy atom. The van der Waals surface area contributed by atoms with E-state index in [2.05, 4.69) is 4.74 Å². The van der Waals surface area contributed by atoms with Crippen molar-refractivity contribution in [3.05, 3.63) is 23.8 Å². The van der Waals surface area contributed by atoms with Crippen molar-refractivity contribution in [2.24, 2.45) is 0 Å². The van der Waals surface area contributed by atoms with Crippen LogP contribution in [0.15, 0.2) is 23.1 Å². The van der Waals surface area contributed by atoms with E-state index >= 15 is 0 Å². The second-order valence-corrected chi connectivity index (χ2v) is 8.46. The van der Waals surface area contributed by atoms with E-state index < -0.39 is 35.3 Å². The number of amides is 2.